The smallest absolute Gasteiger partial charge is 0.243 e. The monoisotopic (exact) mass is 388 g/mol. The highest BCUT2D eigenvalue weighted by molar-refractivity contribution is 5.78. The van der Waals surface area contributed by atoms with E-state index in [4.69, 9.17) is 10.2 Å². The molecule has 0 aliphatic rings. The van der Waals surface area contributed by atoms with Crippen molar-refractivity contribution in [3.05, 3.63) is 29.6 Å². The van der Waals surface area contributed by atoms with Gasteiger partial charge in [-0.25, -0.2) is 10.5 Å². The highest BCUT2D eigenvalue weighted by Crippen LogP contribution is 2.27. The molecule has 1 atom stereocenters. The number of aryl methyl sites for hydroxylation is 1. The number of nitrogens with one attached hydrogen (secondary N) is 2. The van der Waals surface area contributed by atoms with Crippen molar-refractivity contribution in [2.45, 2.75) is 66.8 Å². The molecule has 1 aromatic heterocycles. The predicted octanol–water partition coefficient (Wildman–Crippen LogP) is 3.70. The molecule has 0 fully saturated rings. The summed E-state index contributed by atoms with van der Waals surface area (Å²) in [4.78, 5) is 16.3. The van der Waals surface area contributed by atoms with Gasteiger partial charge in [-0.2, -0.15) is 0 Å². The molecule has 2 rings (SSSR count). The third-order valence-corrected chi connectivity index (χ3v) is 4.91. The molecule has 0 bridgehead atoms. The zero-order valence-corrected chi connectivity index (χ0v) is 18.0. The summed E-state index contributed by atoms with van der Waals surface area (Å²) in [5.41, 5.74) is 5.18. The number of nitrogens with zero attached hydrogens (tertiary/aromatic N) is 2. The number of hydrogen-bond donors (Lipinski definition) is 3. The molecule has 2 aromatic rings. The number of likely N-dealkylation sites (N-methyl/N-ethyl adjacent to an activating group) is 1. The number of carbonyl (C=O) groups excluding carboxylic acids is 1. The molecule has 1 heterocycles. The number of carbonyl (C=O) groups is 1. The van der Waals surface area contributed by atoms with Crippen LogP contribution in [-0.2, 0) is 24.2 Å². The lowest BCUT2D eigenvalue weighted by molar-refractivity contribution is -0.129. The van der Waals surface area contributed by atoms with Gasteiger partial charge in [0.1, 0.15) is 5.82 Å². The maximum atomic E-state index is 11.3. The van der Waals surface area contributed by atoms with Crippen LogP contribution in [0.25, 0.3) is 11.0 Å². The fourth-order valence-electron chi connectivity index (χ4n) is 3.90. The molecule has 6 nitrogen and oxygen atoms in total. The summed E-state index contributed by atoms with van der Waals surface area (Å²) in [6.07, 6.45) is 2.96. The minimum absolute atomic E-state index is 0.263. The molecule has 0 radical (unpaired) electrons. The number of aromatic nitrogens is 2. The summed E-state index contributed by atoms with van der Waals surface area (Å²) in [5, 5.41) is 12.1. The molecule has 156 valence electrons. The van der Waals surface area contributed by atoms with E-state index in [1.165, 1.54) is 0 Å². The number of imidazole rings is 1. The van der Waals surface area contributed by atoms with Gasteiger partial charge in [0.2, 0.25) is 5.91 Å². The Morgan fingerprint density at radius 2 is 2.07 bits per heavy atom. The molecule has 0 aliphatic heterocycles. The van der Waals surface area contributed by atoms with Crippen LogP contribution in [0, 0.1) is 11.3 Å². The minimum Gasteiger partial charge on any atom is -0.327 e. The van der Waals surface area contributed by atoms with Gasteiger partial charge in [0.25, 0.3) is 0 Å². The van der Waals surface area contributed by atoms with E-state index < -0.39 is 0 Å². The molecule has 0 saturated heterocycles. The normalized spacial score (nSPS) is 13.1. The van der Waals surface area contributed by atoms with Gasteiger partial charge in [-0.15, -0.1) is 0 Å². The predicted molar refractivity (Wildman–Crippen MR) is 113 cm³/mol. The van der Waals surface area contributed by atoms with E-state index >= 15 is 0 Å². The lowest BCUT2D eigenvalue weighted by atomic mass is 9.84. The highest BCUT2D eigenvalue weighted by atomic mass is 16.5. The SMILES string of the molecule is CCNCCn1c(CC(C)CC(C)(C)C)nc2cc(CCC(=O)NO)ccc21. The zero-order chi connectivity index (χ0) is 20.7. The van der Waals surface area contributed by atoms with Gasteiger partial charge in [0.15, 0.2) is 0 Å². The molecule has 1 unspecified atom stereocenters. The van der Waals surface area contributed by atoms with Gasteiger partial charge < -0.3 is 9.88 Å². The number of hydrogen-bond acceptors (Lipinski definition) is 4. The second-order valence-corrected chi connectivity index (χ2v) is 8.97. The lowest BCUT2D eigenvalue weighted by Gasteiger charge is -2.23. The van der Waals surface area contributed by atoms with Crippen molar-refractivity contribution in [2.75, 3.05) is 13.1 Å². The van der Waals surface area contributed by atoms with E-state index in [0.29, 0.717) is 17.8 Å². The van der Waals surface area contributed by atoms with Crippen LogP contribution in [0.15, 0.2) is 18.2 Å². The van der Waals surface area contributed by atoms with E-state index in [-0.39, 0.29) is 12.3 Å². The average Bonchev–Trinajstić information content (AvgIpc) is 2.94. The maximum Gasteiger partial charge on any atom is 0.243 e. The van der Waals surface area contributed by atoms with Gasteiger partial charge >= 0.3 is 0 Å². The first-order valence-corrected chi connectivity index (χ1v) is 10.3. The third-order valence-electron chi connectivity index (χ3n) is 4.91. The molecular formula is C22H36N4O2. The summed E-state index contributed by atoms with van der Waals surface area (Å²) < 4.78 is 2.33. The van der Waals surface area contributed by atoms with Gasteiger partial charge in [0, 0.05) is 25.9 Å². The van der Waals surface area contributed by atoms with E-state index in [2.05, 4.69) is 62.7 Å². The van der Waals surface area contributed by atoms with Crippen molar-refractivity contribution in [3.8, 4) is 0 Å². The third kappa shape index (κ3) is 6.60. The Bertz CT molecular complexity index is 777. The first-order valence-electron chi connectivity index (χ1n) is 10.3. The van der Waals surface area contributed by atoms with Crippen LogP contribution in [0.2, 0.25) is 0 Å². The highest BCUT2D eigenvalue weighted by Gasteiger charge is 2.19. The molecule has 0 aliphatic carbocycles. The Kier molecular flexibility index (Phi) is 8.01. The molecule has 1 aromatic carbocycles. The summed E-state index contributed by atoms with van der Waals surface area (Å²) >= 11 is 0. The van der Waals surface area contributed by atoms with E-state index in [9.17, 15) is 4.79 Å². The van der Waals surface area contributed by atoms with Gasteiger partial charge in [0.05, 0.1) is 11.0 Å². The van der Waals surface area contributed by atoms with Gasteiger partial charge in [-0.05, 0) is 48.4 Å². The Balaban J connectivity index is 2.26. The molecule has 0 spiro atoms. The van der Waals surface area contributed by atoms with Gasteiger partial charge in [-0.1, -0.05) is 40.7 Å². The van der Waals surface area contributed by atoms with Crippen molar-refractivity contribution in [1.82, 2.24) is 20.3 Å². The quantitative estimate of drug-likeness (QED) is 0.329. The maximum absolute atomic E-state index is 11.3. The van der Waals surface area contributed by atoms with Crippen LogP contribution in [0.4, 0.5) is 0 Å². The first-order chi connectivity index (χ1) is 13.2. The van der Waals surface area contributed by atoms with Crippen LogP contribution in [0.3, 0.4) is 0 Å². The van der Waals surface area contributed by atoms with Crippen LogP contribution in [-0.4, -0.2) is 33.8 Å². The van der Waals surface area contributed by atoms with Crippen LogP contribution < -0.4 is 10.8 Å². The Hall–Kier alpha value is -1.92. The second kappa shape index (κ2) is 10.0. The number of fused-ring (bicyclic) bond motifs is 1. The van der Waals surface area contributed by atoms with E-state index in [1.54, 1.807) is 5.48 Å². The molecule has 6 heteroatoms. The summed E-state index contributed by atoms with van der Waals surface area (Å²) in [6.45, 7) is 14.0. The summed E-state index contributed by atoms with van der Waals surface area (Å²) in [5.74, 6) is 1.32. The van der Waals surface area contributed by atoms with E-state index in [1.807, 2.05) is 0 Å². The number of benzene rings is 1. The zero-order valence-electron chi connectivity index (χ0n) is 18.0. The topological polar surface area (TPSA) is 79.2 Å². The minimum atomic E-state index is -0.368. The van der Waals surface area contributed by atoms with Gasteiger partial charge in [-0.3, -0.25) is 10.0 Å². The van der Waals surface area contributed by atoms with Crippen molar-refractivity contribution in [3.63, 3.8) is 0 Å². The lowest BCUT2D eigenvalue weighted by Crippen LogP contribution is -2.21. The first kappa shape index (κ1) is 22.4. The summed E-state index contributed by atoms with van der Waals surface area (Å²) in [7, 11) is 0. The fourth-order valence-corrected chi connectivity index (χ4v) is 3.90. The Morgan fingerprint density at radius 1 is 1.32 bits per heavy atom. The molecule has 1 amide bonds. The van der Waals surface area contributed by atoms with Crippen molar-refractivity contribution in [2.24, 2.45) is 11.3 Å². The number of rotatable bonds is 10. The molecule has 28 heavy (non-hydrogen) atoms. The average molecular weight is 389 g/mol. The standard InChI is InChI=1S/C22H36N4O2/c1-6-23-11-12-26-19-9-7-17(8-10-21(27)25-28)14-18(19)24-20(26)13-16(2)15-22(3,4)5/h7,9,14,16,23,28H,6,8,10-13,15H2,1-5H3,(H,25,27). The largest absolute Gasteiger partial charge is 0.327 e. The van der Waals surface area contributed by atoms with E-state index in [0.717, 1.165) is 54.9 Å². The molecule has 3 N–H and O–H groups in total. The van der Waals surface area contributed by atoms with Crippen LogP contribution >= 0.6 is 0 Å². The van der Waals surface area contributed by atoms with Crippen LogP contribution in [0.5, 0.6) is 0 Å². The number of hydroxylamine groups is 1. The summed E-state index contributed by atoms with van der Waals surface area (Å²) in [6, 6.07) is 6.24. The molecule has 0 saturated carbocycles. The van der Waals surface area contributed by atoms with Crippen LogP contribution in [0.1, 0.15) is 58.8 Å². The fraction of sp³-hybridized carbons (Fsp3) is 0.636. The Morgan fingerprint density at radius 3 is 2.71 bits per heavy atom. The Labute approximate surface area is 168 Å². The number of amides is 1. The van der Waals surface area contributed by atoms with Crippen molar-refractivity contribution in [1.29, 1.82) is 0 Å². The van der Waals surface area contributed by atoms with Crippen molar-refractivity contribution >= 4 is 16.9 Å². The second-order valence-electron chi connectivity index (χ2n) is 8.97. The molecular weight excluding hydrogens is 352 g/mol. The van der Waals surface area contributed by atoms with Crippen molar-refractivity contribution < 1.29 is 10.0 Å².